The second-order valence-corrected chi connectivity index (χ2v) is 7.38. The third-order valence-electron chi connectivity index (χ3n) is 5.22. The minimum absolute atomic E-state index is 0. The van der Waals surface area contributed by atoms with Crippen molar-refractivity contribution in [1.29, 1.82) is 0 Å². The van der Waals surface area contributed by atoms with Crippen molar-refractivity contribution < 1.29 is 9.47 Å². The first-order chi connectivity index (χ1) is 14.3. The summed E-state index contributed by atoms with van der Waals surface area (Å²) in [4.78, 5) is 9.49. The Morgan fingerprint density at radius 3 is 2.47 bits per heavy atom. The lowest BCUT2D eigenvalue weighted by atomic mass is 9.95. The SMILES string of the molecule is COCCOc1ccc(Nc2nc(NC3CCCCC3)c3ccccc3n2)cc1.Cl. The molecule has 0 saturated heterocycles. The zero-order valence-corrected chi connectivity index (χ0v) is 18.1. The molecule has 3 aromatic rings. The Bertz CT molecular complexity index is 930. The number of para-hydroxylation sites is 1. The first-order valence-electron chi connectivity index (χ1n) is 10.3. The Labute approximate surface area is 183 Å². The number of halogens is 1. The molecule has 7 heteroatoms. The van der Waals surface area contributed by atoms with Crippen molar-refractivity contribution in [3.8, 4) is 5.75 Å². The van der Waals surface area contributed by atoms with Gasteiger partial charge in [0.15, 0.2) is 0 Å². The smallest absolute Gasteiger partial charge is 0.229 e. The van der Waals surface area contributed by atoms with Crippen LogP contribution in [0.1, 0.15) is 32.1 Å². The van der Waals surface area contributed by atoms with E-state index in [1.54, 1.807) is 7.11 Å². The quantitative estimate of drug-likeness (QED) is 0.457. The summed E-state index contributed by atoms with van der Waals surface area (Å²) in [5.41, 5.74) is 1.85. The van der Waals surface area contributed by atoms with Crippen LogP contribution in [-0.2, 0) is 4.74 Å². The maximum atomic E-state index is 5.62. The van der Waals surface area contributed by atoms with Gasteiger partial charge in [0.25, 0.3) is 0 Å². The molecule has 0 atom stereocenters. The highest BCUT2D eigenvalue weighted by Gasteiger charge is 2.16. The number of benzene rings is 2. The van der Waals surface area contributed by atoms with E-state index in [-0.39, 0.29) is 12.4 Å². The van der Waals surface area contributed by atoms with E-state index in [1.807, 2.05) is 42.5 Å². The molecule has 2 aromatic carbocycles. The number of ether oxygens (including phenoxy) is 2. The zero-order valence-electron chi connectivity index (χ0n) is 17.3. The topological polar surface area (TPSA) is 68.3 Å². The number of fused-ring (bicyclic) bond motifs is 1. The molecule has 1 aliphatic carbocycles. The third-order valence-corrected chi connectivity index (χ3v) is 5.22. The lowest BCUT2D eigenvalue weighted by Crippen LogP contribution is -2.23. The fraction of sp³-hybridized carbons (Fsp3) is 0.391. The van der Waals surface area contributed by atoms with E-state index in [0.29, 0.717) is 25.2 Å². The minimum atomic E-state index is 0. The molecule has 1 aromatic heterocycles. The maximum Gasteiger partial charge on any atom is 0.229 e. The average molecular weight is 429 g/mol. The van der Waals surface area contributed by atoms with Crippen LogP contribution in [0.4, 0.5) is 17.5 Å². The van der Waals surface area contributed by atoms with Gasteiger partial charge in [0, 0.05) is 24.2 Å². The predicted octanol–water partition coefficient (Wildman–Crippen LogP) is 5.57. The second-order valence-electron chi connectivity index (χ2n) is 7.38. The molecule has 0 aliphatic heterocycles. The Morgan fingerprint density at radius 1 is 0.933 bits per heavy atom. The Balaban J connectivity index is 0.00000256. The molecule has 0 spiro atoms. The summed E-state index contributed by atoms with van der Waals surface area (Å²) < 4.78 is 10.6. The summed E-state index contributed by atoms with van der Waals surface area (Å²) in [7, 11) is 1.66. The van der Waals surface area contributed by atoms with Crippen LogP contribution in [-0.4, -0.2) is 36.3 Å². The number of methoxy groups -OCH3 is 1. The molecule has 160 valence electrons. The van der Waals surface area contributed by atoms with Gasteiger partial charge >= 0.3 is 0 Å². The molecule has 4 rings (SSSR count). The fourth-order valence-corrected chi connectivity index (χ4v) is 3.69. The predicted molar refractivity (Wildman–Crippen MR) is 124 cm³/mol. The van der Waals surface area contributed by atoms with Gasteiger partial charge < -0.3 is 20.1 Å². The molecule has 30 heavy (non-hydrogen) atoms. The summed E-state index contributed by atoms with van der Waals surface area (Å²) in [6, 6.07) is 16.4. The fourth-order valence-electron chi connectivity index (χ4n) is 3.69. The van der Waals surface area contributed by atoms with Crippen LogP contribution in [0.25, 0.3) is 10.9 Å². The number of nitrogens with zero attached hydrogens (tertiary/aromatic N) is 2. The summed E-state index contributed by atoms with van der Waals surface area (Å²) >= 11 is 0. The highest BCUT2D eigenvalue weighted by Crippen LogP contribution is 2.27. The van der Waals surface area contributed by atoms with E-state index < -0.39 is 0 Å². The van der Waals surface area contributed by atoms with Gasteiger partial charge in [-0.15, -0.1) is 12.4 Å². The maximum absolute atomic E-state index is 5.62. The number of hydrogen-bond donors (Lipinski definition) is 2. The highest BCUT2D eigenvalue weighted by molar-refractivity contribution is 5.90. The molecule has 6 nitrogen and oxygen atoms in total. The van der Waals surface area contributed by atoms with Crippen molar-refractivity contribution >= 4 is 40.8 Å². The van der Waals surface area contributed by atoms with E-state index in [1.165, 1.54) is 32.1 Å². The molecule has 0 amide bonds. The van der Waals surface area contributed by atoms with Crippen LogP contribution in [0.2, 0.25) is 0 Å². The van der Waals surface area contributed by atoms with Crippen molar-refractivity contribution in [3.05, 3.63) is 48.5 Å². The number of hydrogen-bond acceptors (Lipinski definition) is 6. The molecule has 1 saturated carbocycles. The van der Waals surface area contributed by atoms with Gasteiger partial charge in [0.1, 0.15) is 18.2 Å². The molecular formula is C23H29ClN4O2. The van der Waals surface area contributed by atoms with Crippen molar-refractivity contribution in [2.45, 2.75) is 38.1 Å². The van der Waals surface area contributed by atoms with Gasteiger partial charge in [0.05, 0.1) is 12.1 Å². The van der Waals surface area contributed by atoms with Gasteiger partial charge in [0.2, 0.25) is 5.95 Å². The Kier molecular flexibility index (Phi) is 8.11. The van der Waals surface area contributed by atoms with Gasteiger partial charge in [-0.2, -0.15) is 4.98 Å². The number of rotatable bonds is 8. The van der Waals surface area contributed by atoms with Crippen molar-refractivity contribution in [2.75, 3.05) is 31.0 Å². The first-order valence-corrected chi connectivity index (χ1v) is 10.3. The summed E-state index contributed by atoms with van der Waals surface area (Å²) in [5, 5.41) is 8.05. The molecule has 1 aliphatic rings. The zero-order chi connectivity index (χ0) is 19.9. The van der Waals surface area contributed by atoms with Crippen molar-refractivity contribution in [1.82, 2.24) is 9.97 Å². The molecule has 2 N–H and O–H groups in total. The Morgan fingerprint density at radius 2 is 1.70 bits per heavy atom. The van der Waals surface area contributed by atoms with Crippen LogP contribution in [0.15, 0.2) is 48.5 Å². The normalized spacial score (nSPS) is 14.2. The average Bonchev–Trinajstić information content (AvgIpc) is 2.76. The van der Waals surface area contributed by atoms with Crippen LogP contribution >= 0.6 is 12.4 Å². The largest absolute Gasteiger partial charge is 0.491 e. The van der Waals surface area contributed by atoms with Crippen LogP contribution in [0.3, 0.4) is 0 Å². The second kappa shape index (κ2) is 11.0. The standard InChI is InChI=1S/C23H28N4O2.ClH/c1-28-15-16-29-19-13-11-18(12-14-19)25-23-26-21-10-6-5-9-20(21)22(27-23)24-17-7-3-2-4-8-17;/h5-6,9-14,17H,2-4,7-8,15-16H2,1H3,(H2,24,25,26,27);1H. The number of nitrogens with one attached hydrogen (secondary N) is 2. The summed E-state index contributed by atoms with van der Waals surface area (Å²) in [6.07, 6.45) is 6.30. The van der Waals surface area contributed by atoms with Crippen molar-refractivity contribution in [2.24, 2.45) is 0 Å². The summed E-state index contributed by atoms with van der Waals surface area (Å²) in [5.74, 6) is 2.31. The lowest BCUT2D eigenvalue weighted by molar-refractivity contribution is 0.146. The highest BCUT2D eigenvalue weighted by atomic mass is 35.5. The molecular weight excluding hydrogens is 400 g/mol. The Hall–Kier alpha value is -2.57. The van der Waals surface area contributed by atoms with Crippen LogP contribution in [0, 0.1) is 0 Å². The molecule has 0 bridgehead atoms. The van der Waals surface area contributed by atoms with E-state index in [4.69, 9.17) is 19.4 Å². The van der Waals surface area contributed by atoms with E-state index in [0.717, 1.165) is 28.2 Å². The van der Waals surface area contributed by atoms with Crippen molar-refractivity contribution in [3.63, 3.8) is 0 Å². The lowest BCUT2D eigenvalue weighted by Gasteiger charge is -2.24. The number of aromatic nitrogens is 2. The summed E-state index contributed by atoms with van der Waals surface area (Å²) in [6.45, 7) is 1.11. The van der Waals surface area contributed by atoms with Gasteiger partial charge in [-0.05, 0) is 49.2 Å². The third kappa shape index (κ3) is 5.74. The van der Waals surface area contributed by atoms with Gasteiger partial charge in [-0.25, -0.2) is 4.98 Å². The van der Waals surface area contributed by atoms with E-state index in [2.05, 4.69) is 16.7 Å². The van der Waals surface area contributed by atoms with E-state index in [9.17, 15) is 0 Å². The molecule has 1 fully saturated rings. The number of anilines is 3. The first kappa shape index (κ1) is 22.1. The van der Waals surface area contributed by atoms with E-state index >= 15 is 0 Å². The molecule has 0 radical (unpaired) electrons. The monoisotopic (exact) mass is 428 g/mol. The molecule has 0 unspecified atom stereocenters. The van der Waals surface area contributed by atoms with Gasteiger partial charge in [-0.1, -0.05) is 31.4 Å². The van der Waals surface area contributed by atoms with Gasteiger partial charge in [-0.3, -0.25) is 0 Å². The van der Waals surface area contributed by atoms with Crippen LogP contribution < -0.4 is 15.4 Å². The minimum Gasteiger partial charge on any atom is -0.491 e. The molecule has 1 heterocycles. The van der Waals surface area contributed by atoms with Crippen LogP contribution in [0.5, 0.6) is 5.75 Å².